The van der Waals surface area contributed by atoms with Gasteiger partial charge in [0, 0.05) is 31.3 Å². The number of esters is 4. The zero-order valence-electron chi connectivity index (χ0n) is 32.6. The van der Waals surface area contributed by atoms with Gasteiger partial charge in [0.2, 0.25) is 5.78 Å². The number of aromatic nitrogens is 1. The first-order chi connectivity index (χ1) is 27.1. The Kier molecular flexibility index (Phi) is 16.1. The lowest BCUT2D eigenvalue weighted by Crippen LogP contribution is -2.52. The van der Waals surface area contributed by atoms with Crippen LogP contribution in [0.15, 0.2) is 48.8 Å². The van der Waals surface area contributed by atoms with Gasteiger partial charge in [-0.05, 0) is 102 Å². The highest BCUT2D eigenvalue weighted by atomic mass is 16.7. The van der Waals surface area contributed by atoms with Crippen LogP contribution in [0.2, 0.25) is 0 Å². The number of amides is 1. The molecule has 2 saturated heterocycles. The van der Waals surface area contributed by atoms with Crippen LogP contribution in [0.5, 0.6) is 0 Å². The van der Waals surface area contributed by atoms with Crippen molar-refractivity contribution < 1.29 is 66.8 Å². The quantitative estimate of drug-likeness (QED) is 0.135. The van der Waals surface area contributed by atoms with Crippen LogP contribution in [0, 0.1) is 11.8 Å². The van der Waals surface area contributed by atoms with Gasteiger partial charge in [-0.15, -0.1) is 6.58 Å². The summed E-state index contributed by atoms with van der Waals surface area (Å²) in [4.78, 5) is 122. The molecule has 2 bridgehead atoms. The van der Waals surface area contributed by atoms with Crippen molar-refractivity contribution in [2.75, 3.05) is 13.2 Å². The Morgan fingerprint density at radius 3 is 2.44 bits per heavy atom. The molecule has 1 aromatic rings. The Balaban J connectivity index is 1.58. The Morgan fingerprint density at radius 1 is 0.947 bits per heavy atom. The highest BCUT2D eigenvalue weighted by molar-refractivity contribution is 6.64. The van der Waals surface area contributed by atoms with Crippen molar-refractivity contribution in [3.63, 3.8) is 0 Å². The summed E-state index contributed by atoms with van der Waals surface area (Å²) in [5.74, 6) is -11.2. The topological polar surface area (TPSA) is 216 Å². The van der Waals surface area contributed by atoms with Gasteiger partial charge in [-0.25, -0.2) is 24.0 Å². The monoisotopic (exact) mass is 794 g/mol. The summed E-state index contributed by atoms with van der Waals surface area (Å²) in [5.41, 5.74) is -0.273. The number of allylic oxidation sites excluding steroid dienone is 3. The van der Waals surface area contributed by atoms with Crippen LogP contribution < -0.4 is 0 Å². The van der Waals surface area contributed by atoms with Gasteiger partial charge in [-0.3, -0.25) is 24.2 Å². The zero-order chi connectivity index (χ0) is 41.7. The summed E-state index contributed by atoms with van der Waals surface area (Å²) in [6, 6.07) is 2.44. The molecule has 0 aromatic carbocycles. The normalized spacial score (nSPS) is 29.5. The predicted molar refractivity (Wildman–Crippen MR) is 198 cm³/mol. The van der Waals surface area contributed by atoms with Crippen LogP contribution >= 0.6 is 0 Å². The number of carbonyl (C=O) groups is 9. The average molecular weight is 795 g/mol. The third-order valence-corrected chi connectivity index (χ3v) is 10.4. The summed E-state index contributed by atoms with van der Waals surface area (Å²) >= 11 is 0. The molecule has 6 atom stereocenters. The second-order valence-electron chi connectivity index (χ2n) is 14.8. The molecule has 308 valence electrons. The lowest BCUT2D eigenvalue weighted by Gasteiger charge is -2.35. The molecule has 1 amide bonds. The van der Waals surface area contributed by atoms with Crippen LogP contribution in [0.25, 0.3) is 0 Å². The number of piperidine rings is 1. The van der Waals surface area contributed by atoms with Crippen molar-refractivity contribution in [3.05, 3.63) is 54.4 Å². The fourth-order valence-corrected chi connectivity index (χ4v) is 7.08. The van der Waals surface area contributed by atoms with E-state index in [9.17, 15) is 43.2 Å². The molecule has 16 heteroatoms. The van der Waals surface area contributed by atoms with E-state index in [4.69, 9.17) is 18.9 Å². The van der Waals surface area contributed by atoms with Gasteiger partial charge < -0.3 is 28.6 Å². The van der Waals surface area contributed by atoms with Crippen LogP contribution in [0.1, 0.15) is 97.0 Å². The first-order valence-corrected chi connectivity index (χ1v) is 19.3. The maximum absolute atomic E-state index is 13.8. The molecule has 4 heterocycles. The number of cyclic esters (lactones) is 6. The predicted octanol–water partition coefficient (Wildman–Crippen LogP) is 4.05. The highest BCUT2D eigenvalue weighted by Crippen LogP contribution is 2.32. The number of rotatable bonds is 5. The molecule has 57 heavy (non-hydrogen) atoms. The van der Waals surface area contributed by atoms with E-state index in [-0.39, 0.29) is 50.5 Å². The minimum Gasteiger partial charge on any atom is -0.461 e. The Bertz CT molecular complexity index is 1760. The van der Waals surface area contributed by atoms with Crippen molar-refractivity contribution in [3.8, 4) is 0 Å². The van der Waals surface area contributed by atoms with Crippen LogP contribution in [-0.4, -0.2) is 100 Å². The number of nitrogens with zero attached hydrogens (tertiary/aromatic N) is 2. The average Bonchev–Trinajstić information content (AvgIpc) is 3.62. The largest absolute Gasteiger partial charge is 0.516 e. The maximum Gasteiger partial charge on any atom is 0.516 e. The van der Waals surface area contributed by atoms with Crippen molar-refractivity contribution in [1.82, 2.24) is 9.88 Å². The molecule has 0 radical (unpaired) electrons. The molecule has 0 saturated carbocycles. The van der Waals surface area contributed by atoms with E-state index in [2.05, 4.69) is 16.3 Å². The van der Waals surface area contributed by atoms with E-state index in [0.29, 0.717) is 51.4 Å². The third kappa shape index (κ3) is 12.3. The summed E-state index contributed by atoms with van der Waals surface area (Å²) in [6.45, 7) is 8.45. The summed E-state index contributed by atoms with van der Waals surface area (Å²) in [7, 11) is 0. The number of Topliss-reactive ketones (excluding diaryl/α,β-unsaturated/α-hetero) is 3. The van der Waals surface area contributed by atoms with Crippen molar-refractivity contribution in [2.24, 2.45) is 11.8 Å². The van der Waals surface area contributed by atoms with E-state index in [1.54, 1.807) is 24.5 Å². The standard InChI is InChI=1S/C41H50N2O14/c1-5-10-28-23-25(2)11-9-22-53-40(52)56-37(49)32-18-19-41(4,57-32)34(46)33(45)38(50)55-39(51)35(47)43-21-7-6-13-29(43)36(48)54-31(26(3)14-16-30(28)44)17-15-27-12-8-20-42-24-27/h5,8,12,20,23-24,26,28-29,31-32H,1,6-7,9-11,13-19,21-22H2,2-4H3/b25-23+/t26-,28?,29+,31-,32?,41-/m1/s1. The van der Waals surface area contributed by atoms with E-state index in [1.165, 1.54) is 0 Å². The molecule has 16 nitrogen and oxygen atoms in total. The van der Waals surface area contributed by atoms with E-state index >= 15 is 0 Å². The fraction of sp³-hybridized carbons (Fsp3) is 0.561. The molecule has 0 aliphatic carbocycles. The highest BCUT2D eigenvalue weighted by Gasteiger charge is 2.50. The Hall–Kier alpha value is -5.38. The van der Waals surface area contributed by atoms with Crippen LogP contribution in [0.3, 0.4) is 0 Å². The summed E-state index contributed by atoms with van der Waals surface area (Å²) in [6.07, 6.45) is 6.56. The Morgan fingerprint density at radius 2 is 1.72 bits per heavy atom. The summed E-state index contributed by atoms with van der Waals surface area (Å²) < 4.78 is 25.7. The minimum absolute atomic E-state index is 0.0486. The molecular formula is C41H50N2O14. The number of pyridine rings is 1. The Labute approximate surface area is 330 Å². The number of fused-ring (bicyclic) bond motifs is 3. The van der Waals surface area contributed by atoms with Gasteiger partial charge in [0.25, 0.3) is 0 Å². The van der Waals surface area contributed by atoms with E-state index < -0.39 is 77.3 Å². The molecular weight excluding hydrogens is 744 g/mol. The lowest BCUT2D eigenvalue weighted by molar-refractivity contribution is -0.175. The number of ether oxygens (including phenoxy) is 5. The molecule has 1 aromatic heterocycles. The molecule has 3 aliphatic heterocycles. The smallest absolute Gasteiger partial charge is 0.461 e. The summed E-state index contributed by atoms with van der Waals surface area (Å²) in [5, 5.41) is 0. The van der Waals surface area contributed by atoms with Gasteiger partial charge in [-0.2, -0.15) is 0 Å². The van der Waals surface area contributed by atoms with Crippen molar-refractivity contribution in [2.45, 2.75) is 122 Å². The van der Waals surface area contributed by atoms with E-state index in [0.717, 1.165) is 23.0 Å². The third-order valence-electron chi connectivity index (χ3n) is 10.4. The van der Waals surface area contributed by atoms with Crippen LogP contribution in [0.4, 0.5) is 4.79 Å². The van der Waals surface area contributed by atoms with Gasteiger partial charge in [0.05, 0.1) is 6.61 Å². The second-order valence-corrected chi connectivity index (χ2v) is 14.8. The number of aryl methyl sites for hydroxylation is 1. The maximum atomic E-state index is 13.8. The number of carbonyl (C=O) groups excluding carboxylic acids is 9. The SMILES string of the molecule is C=CCC1/C=C(\C)CCCOC(=O)OC(=O)C2CC[C@@](C)(O2)C(=O)C(=O)C(=O)OC(=O)C(=O)N2CCCC[C@H]2C(=O)O[C@H](CCc2cccnc2)[C@H](C)CCC1=O. The van der Waals surface area contributed by atoms with Gasteiger partial charge in [0.15, 0.2) is 6.10 Å². The van der Waals surface area contributed by atoms with Gasteiger partial charge in [-0.1, -0.05) is 30.7 Å². The molecule has 0 spiro atoms. The molecule has 2 unspecified atom stereocenters. The van der Waals surface area contributed by atoms with Crippen molar-refractivity contribution in [1.29, 1.82) is 0 Å². The molecule has 0 N–H and O–H groups in total. The number of hydrogen-bond acceptors (Lipinski definition) is 15. The minimum atomic E-state index is -2.03. The zero-order valence-corrected chi connectivity index (χ0v) is 32.6. The first-order valence-electron chi connectivity index (χ1n) is 19.3. The molecule has 4 rings (SSSR count). The fourth-order valence-electron chi connectivity index (χ4n) is 7.08. The number of hydrogen-bond donors (Lipinski definition) is 0. The van der Waals surface area contributed by atoms with E-state index in [1.807, 2.05) is 26.0 Å². The van der Waals surface area contributed by atoms with Crippen molar-refractivity contribution >= 4 is 53.3 Å². The molecule has 2 fully saturated rings. The first kappa shape index (κ1) is 44.3. The van der Waals surface area contributed by atoms with Gasteiger partial charge >= 0.3 is 41.7 Å². The second kappa shape index (κ2) is 20.7. The molecule has 3 aliphatic rings. The lowest BCUT2D eigenvalue weighted by atomic mass is 9.88. The van der Waals surface area contributed by atoms with Crippen LogP contribution in [-0.2, 0) is 68.5 Å². The van der Waals surface area contributed by atoms with Gasteiger partial charge in [0.1, 0.15) is 23.5 Å². The number of ketones is 3.